The predicted molar refractivity (Wildman–Crippen MR) is 140 cm³/mol. The molecule has 0 atom stereocenters. The molecule has 2 rings (SSSR count). The summed E-state index contributed by atoms with van der Waals surface area (Å²) in [6, 6.07) is 13.8. The van der Waals surface area contributed by atoms with Gasteiger partial charge in [0.05, 0.1) is 13.2 Å². The molecular weight excluding hydrogens is 519 g/mol. The summed E-state index contributed by atoms with van der Waals surface area (Å²) in [6.45, 7) is 11.0. The molecule has 0 bridgehead atoms. The van der Waals surface area contributed by atoms with E-state index in [0.717, 1.165) is 29.4 Å². The van der Waals surface area contributed by atoms with Crippen molar-refractivity contribution in [2.24, 2.45) is 4.99 Å². The van der Waals surface area contributed by atoms with Gasteiger partial charge in [0.2, 0.25) is 0 Å². The van der Waals surface area contributed by atoms with Gasteiger partial charge in [-0.15, -0.1) is 24.0 Å². The molecule has 0 spiro atoms. The predicted octanol–water partition coefficient (Wildman–Crippen LogP) is 3.78. The SMILES string of the molecule is CCNC(=O)COc1cccc(CN=C(NCC)NCc2ccc(C)cc2OCC)c1.I. The molecule has 2 aromatic rings. The number of nitrogens with zero attached hydrogens (tertiary/aromatic N) is 1. The lowest BCUT2D eigenvalue weighted by Crippen LogP contribution is -2.36. The number of nitrogens with one attached hydrogen (secondary N) is 3. The van der Waals surface area contributed by atoms with Crippen LogP contribution in [-0.4, -0.2) is 38.2 Å². The zero-order chi connectivity index (χ0) is 22.5. The van der Waals surface area contributed by atoms with E-state index < -0.39 is 0 Å². The number of guanidine groups is 1. The smallest absolute Gasteiger partial charge is 0.257 e. The first-order chi connectivity index (χ1) is 15.0. The van der Waals surface area contributed by atoms with Gasteiger partial charge in [-0.05, 0) is 57.0 Å². The Morgan fingerprint density at radius 2 is 1.75 bits per heavy atom. The lowest BCUT2D eigenvalue weighted by Gasteiger charge is -2.15. The van der Waals surface area contributed by atoms with Crippen molar-refractivity contribution < 1.29 is 14.3 Å². The summed E-state index contributed by atoms with van der Waals surface area (Å²) in [5.41, 5.74) is 3.25. The first kappa shape index (κ1) is 27.5. The van der Waals surface area contributed by atoms with Crippen LogP contribution in [0.25, 0.3) is 0 Å². The fourth-order valence-corrected chi connectivity index (χ4v) is 2.92. The molecule has 0 aliphatic rings. The Balaban J connectivity index is 0.00000512. The highest BCUT2D eigenvalue weighted by atomic mass is 127. The summed E-state index contributed by atoms with van der Waals surface area (Å²) in [6.07, 6.45) is 0. The Kier molecular flexibility index (Phi) is 13.2. The highest BCUT2D eigenvalue weighted by molar-refractivity contribution is 14.0. The number of aryl methyl sites for hydroxylation is 1. The molecule has 0 radical (unpaired) electrons. The van der Waals surface area contributed by atoms with Gasteiger partial charge in [-0.1, -0.05) is 24.3 Å². The topological polar surface area (TPSA) is 84.0 Å². The molecule has 0 fully saturated rings. The summed E-state index contributed by atoms with van der Waals surface area (Å²) in [7, 11) is 0. The zero-order valence-corrected chi connectivity index (χ0v) is 21.7. The number of amides is 1. The van der Waals surface area contributed by atoms with E-state index in [0.29, 0.717) is 32.0 Å². The maximum atomic E-state index is 11.6. The molecule has 2 aromatic carbocycles. The third-order valence-corrected chi connectivity index (χ3v) is 4.38. The van der Waals surface area contributed by atoms with Crippen LogP contribution in [0.1, 0.15) is 37.5 Å². The summed E-state index contributed by atoms with van der Waals surface area (Å²) in [5, 5.41) is 9.35. The molecule has 0 aliphatic heterocycles. The van der Waals surface area contributed by atoms with E-state index in [2.05, 4.69) is 46.1 Å². The zero-order valence-electron chi connectivity index (χ0n) is 19.4. The first-order valence-electron chi connectivity index (χ1n) is 10.8. The maximum absolute atomic E-state index is 11.6. The van der Waals surface area contributed by atoms with Crippen LogP contribution < -0.4 is 25.4 Å². The van der Waals surface area contributed by atoms with Crippen molar-refractivity contribution >= 4 is 35.8 Å². The van der Waals surface area contributed by atoms with E-state index in [9.17, 15) is 4.79 Å². The van der Waals surface area contributed by atoms with Gasteiger partial charge < -0.3 is 25.4 Å². The molecule has 0 aromatic heterocycles. The van der Waals surface area contributed by atoms with E-state index in [1.165, 1.54) is 5.56 Å². The molecule has 176 valence electrons. The summed E-state index contributed by atoms with van der Waals surface area (Å²) < 4.78 is 11.3. The molecule has 7 nitrogen and oxygen atoms in total. The highest BCUT2D eigenvalue weighted by Gasteiger charge is 2.06. The monoisotopic (exact) mass is 554 g/mol. The number of carbonyl (C=O) groups excluding carboxylic acids is 1. The van der Waals surface area contributed by atoms with Crippen molar-refractivity contribution in [2.75, 3.05) is 26.3 Å². The summed E-state index contributed by atoms with van der Waals surface area (Å²) in [4.78, 5) is 16.3. The summed E-state index contributed by atoms with van der Waals surface area (Å²) >= 11 is 0. The molecule has 0 aliphatic carbocycles. The van der Waals surface area contributed by atoms with Crippen LogP contribution in [0.15, 0.2) is 47.5 Å². The normalized spacial score (nSPS) is 10.7. The van der Waals surface area contributed by atoms with Crippen LogP contribution in [0.3, 0.4) is 0 Å². The molecule has 0 unspecified atom stereocenters. The Bertz CT molecular complexity index is 874. The number of rotatable bonds is 11. The lowest BCUT2D eigenvalue weighted by atomic mass is 10.1. The van der Waals surface area contributed by atoms with E-state index in [1.54, 1.807) is 0 Å². The molecule has 0 saturated heterocycles. The van der Waals surface area contributed by atoms with Crippen LogP contribution in [0, 0.1) is 6.92 Å². The second kappa shape index (κ2) is 15.3. The number of aliphatic imine (C=N–C) groups is 1. The fraction of sp³-hybridized carbons (Fsp3) is 0.417. The van der Waals surface area contributed by atoms with Crippen LogP contribution >= 0.6 is 24.0 Å². The number of likely N-dealkylation sites (N-methyl/N-ethyl adjacent to an activating group) is 1. The van der Waals surface area contributed by atoms with Gasteiger partial charge in [-0.25, -0.2) is 4.99 Å². The molecule has 0 saturated carbocycles. The van der Waals surface area contributed by atoms with Crippen LogP contribution in [-0.2, 0) is 17.9 Å². The van der Waals surface area contributed by atoms with Gasteiger partial charge in [0.15, 0.2) is 12.6 Å². The number of benzene rings is 2. The Hall–Kier alpha value is -2.49. The number of hydrogen-bond acceptors (Lipinski definition) is 4. The van der Waals surface area contributed by atoms with E-state index in [4.69, 9.17) is 9.47 Å². The van der Waals surface area contributed by atoms with Crippen molar-refractivity contribution in [1.29, 1.82) is 0 Å². The first-order valence-corrected chi connectivity index (χ1v) is 10.8. The van der Waals surface area contributed by atoms with E-state index in [-0.39, 0.29) is 36.5 Å². The van der Waals surface area contributed by atoms with E-state index >= 15 is 0 Å². The second-order valence-corrected chi connectivity index (χ2v) is 6.98. The molecule has 8 heteroatoms. The fourth-order valence-electron chi connectivity index (χ4n) is 2.92. The average Bonchev–Trinajstić information content (AvgIpc) is 2.76. The minimum absolute atomic E-state index is 0. The van der Waals surface area contributed by atoms with Crippen LogP contribution in [0.4, 0.5) is 0 Å². The van der Waals surface area contributed by atoms with Gasteiger partial charge in [-0.3, -0.25) is 4.79 Å². The largest absolute Gasteiger partial charge is 0.494 e. The molecular formula is C24H35IN4O3. The standard InChI is InChI=1S/C24H34N4O3.HI/c1-5-25-23(29)17-31-21-10-8-9-19(14-21)15-27-24(26-6-2)28-16-20-12-11-18(4)13-22(20)30-7-3;/h8-14H,5-7,15-17H2,1-4H3,(H,25,29)(H2,26,27,28);1H. The molecule has 32 heavy (non-hydrogen) atoms. The van der Waals surface area contributed by atoms with E-state index in [1.807, 2.05) is 45.0 Å². The van der Waals surface area contributed by atoms with Crippen LogP contribution in [0.5, 0.6) is 11.5 Å². The number of ether oxygens (including phenoxy) is 2. The molecule has 3 N–H and O–H groups in total. The highest BCUT2D eigenvalue weighted by Crippen LogP contribution is 2.20. The van der Waals surface area contributed by atoms with Crippen molar-refractivity contribution in [3.8, 4) is 11.5 Å². The van der Waals surface area contributed by atoms with Gasteiger partial charge in [0.1, 0.15) is 11.5 Å². The van der Waals surface area contributed by atoms with Crippen molar-refractivity contribution in [3.63, 3.8) is 0 Å². The third-order valence-electron chi connectivity index (χ3n) is 4.38. The Labute approximate surface area is 208 Å². The maximum Gasteiger partial charge on any atom is 0.257 e. The van der Waals surface area contributed by atoms with Crippen molar-refractivity contribution in [3.05, 3.63) is 59.2 Å². The van der Waals surface area contributed by atoms with Gasteiger partial charge in [-0.2, -0.15) is 0 Å². The number of hydrogen-bond donors (Lipinski definition) is 3. The summed E-state index contributed by atoms with van der Waals surface area (Å²) in [5.74, 6) is 2.13. The van der Waals surface area contributed by atoms with Crippen LogP contribution in [0.2, 0.25) is 0 Å². The average molecular weight is 554 g/mol. The van der Waals surface area contributed by atoms with Crippen molar-refractivity contribution in [2.45, 2.75) is 40.8 Å². The second-order valence-electron chi connectivity index (χ2n) is 6.98. The minimum atomic E-state index is -0.132. The Morgan fingerprint density at radius 3 is 2.47 bits per heavy atom. The van der Waals surface area contributed by atoms with Gasteiger partial charge >= 0.3 is 0 Å². The lowest BCUT2D eigenvalue weighted by molar-refractivity contribution is -0.122. The quantitative estimate of drug-likeness (QED) is 0.224. The molecule has 1 amide bonds. The van der Waals surface area contributed by atoms with Gasteiger partial charge in [0.25, 0.3) is 5.91 Å². The Morgan fingerprint density at radius 1 is 0.969 bits per heavy atom. The number of carbonyl (C=O) groups is 1. The van der Waals surface area contributed by atoms with Crippen molar-refractivity contribution in [1.82, 2.24) is 16.0 Å². The van der Waals surface area contributed by atoms with Gasteiger partial charge in [0, 0.05) is 25.2 Å². The minimum Gasteiger partial charge on any atom is -0.494 e. The third kappa shape index (κ3) is 9.76. The number of halogens is 1. The molecule has 0 heterocycles.